The van der Waals surface area contributed by atoms with E-state index in [0.29, 0.717) is 6.42 Å². The molecule has 2 aliphatic heterocycles. The van der Waals surface area contributed by atoms with Crippen LogP contribution in [0, 0.1) is 5.82 Å². The Balaban J connectivity index is 1.50. The number of hydrogen-bond acceptors (Lipinski definition) is 4. The molecule has 0 atom stereocenters. The summed E-state index contributed by atoms with van der Waals surface area (Å²) in [7, 11) is 0. The van der Waals surface area contributed by atoms with Crippen LogP contribution >= 0.6 is 0 Å². The highest BCUT2D eigenvalue weighted by atomic mass is 19.1. The van der Waals surface area contributed by atoms with E-state index < -0.39 is 0 Å². The fourth-order valence-electron chi connectivity index (χ4n) is 3.73. The summed E-state index contributed by atoms with van der Waals surface area (Å²) in [5, 5.41) is 0. The Morgan fingerprint density at radius 1 is 1.04 bits per heavy atom. The van der Waals surface area contributed by atoms with Crippen molar-refractivity contribution in [2.75, 3.05) is 31.1 Å². The van der Waals surface area contributed by atoms with Crippen LogP contribution in [-0.2, 0) is 19.4 Å². The molecule has 1 aromatic carbocycles. The summed E-state index contributed by atoms with van der Waals surface area (Å²) in [5.74, 6) is 0.519. The molecule has 4 rings (SSSR count). The van der Waals surface area contributed by atoms with Crippen LogP contribution in [0.4, 0.5) is 10.3 Å². The van der Waals surface area contributed by atoms with Crippen LogP contribution in [-0.4, -0.2) is 41.0 Å². The second-order valence-electron chi connectivity index (χ2n) is 6.91. The lowest BCUT2D eigenvalue weighted by Gasteiger charge is -2.19. The third kappa shape index (κ3) is 3.58. The number of aromatic nitrogens is 2. The first-order valence-corrected chi connectivity index (χ1v) is 9.03. The fourth-order valence-corrected chi connectivity index (χ4v) is 3.73. The van der Waals surface area contributed by atoms with Gasteiger partial charge in [0.05, 0.1) is 5.69 Å². The number of halogens is 1. The zero-order valence-corrected chi connectivity index (χ0v) is 14.3. The highest BCUT2D eigenvalue weighted by Crippen LogP contribution is 2.18. The van der Waals surface area contributed by atoms with Gasteiger partial charge in [0.15, 0.2) is 0 Å². The van der Waals surface area contributed by atoms with Crippen LogP contribution < -0.4 is 10.5 Å². The summed E-state index contributed by atoms with van der Waals surface area (Å²) in [6, 6.07) is 6.64. The molecule has 1 N–H and O–H groups in total. The Morgan fingerprint density at radius 3 is 2.52 bits per heavy atom. The van der Waals surface area contributed by atoms with Crippen molar-refractivity contribution in [2.45, 2.75) is 32.2 Å². The highest BCUT2D eigenvalue weighted by molar-refractivity contribution is 5.35. The molecule has 2 aromatic rings. The molecule has 2 aliphatic rings. The molecule has 0 amide bonds. The molecule has 1 aromatic heterocycles. The summed E-state index contributed by atoms with van der Waals surface area (Å²) in [6.07, 6.45) is 3.80. The molecular weight excluding hydrogens is 319 g/mol. The van der Waals surface area contributed by atoms with E-state index in [9.17, 15) is 9.18 Å². The molecule has 5 nitrogen and oxygen atoms in total. The number of benzene rings is 1. The molecule has 3 heterocycles. The van der Waals surface area contributed by atoms with Crippen LogP contribution in [0.2, 0.25) is 0 Å². The number of hydrogen-bond donors (Lipinski definition) is 1. The first kappa shape index (κ1) is 16.3. The SMILES string of the molecule is O=c1[nH]c(N2CCCC2)nc2c1CCN(Cc1ccc(F)cc1)CC2. The normalized spacial score (nSPS) is 18.2. The average Bonchev–Trinajstić information content (AvgIpc) is 3.07. The first-order valence-electron chi connectivity index (χ1n) is 9.03. The van der Waals surface area contributed by atoms with E-state index in [2.05, 4.69) is 14.8 Å². The van der Waals surface area contributed by atoms with Crippen molar-refractivity contribution < 1.29 is 4.39 Å². The highest BCUT2D eigenvalue weighted by Gasteiger charge is 2.21. The minimum Gasteiger partial charge on any atom is -0.342 e. The van der Waals surface area contributed by atoms with Gasteiger partial charge in [0.2, 0.25) is 5.95 Å². The summed E-state index contributed by atoms with van der Waals surface area (Å²) < 4.78 is 13.1. The Morgan fingerprint density at radius 2 is 1.76 bits per heavy atom. The summed E-state index contributed by atoms with van der Waals surface area (Å²) in [6.45, 7) is 4.39. The van der Waals surface area contributed by atoms with Crippen LogP contribution in [0.25, 0.3) is 0 Å². The molecule has 0 radical (unpaired) electrons. The van der Waals surface area contributed by atoms with Crippen molar-refractivity contribution in [2.24, 2.45) is 0 Å². The van der Waals surface area contributed by atoms with Gasteiger partial charge < -0.3 is 4.90 Å². The molecule has 1 saturated heterocycles. The number of fused-ring (bicyclic) bond motifs is 1. The Bertz CT molecular complexity index is 796. The minimum atomic E-state index is -0.211. The third-order valence-electron chi connectivity index (χ3n) is 5.16. The van der Waals surface area contributed by atoms with E-state index in [-0.39, 0.29) is 11.4 Å². The molecule has 0 spiro atoms. The number of rotatable bonds is 3. The van der Waals surface area contributed by atoms with Crippen molar-refractivity contribution in [1.29, 1.82) is 0 Å². The van der Waals surface area contributed by atoms with Crippen LogP contribution in [0.1, 0.15) is 29.7 Å². The fraction of sp³-hybridized carbons (Fsp3) is 0.474. The Kier molecular flexibility index (Phi) is 4.53. The predicted octanol–water partition coefficient (Wildman–Crippen LogP) is 2.11. The molecule has 0 bridgehead atoms. The molecule has 0 aliphatic carbocycles. The summed E-state index contributed by atoms with van der Waals surface area (Å²) in [4.78, 5) is 24.7. The Hall–Kier alpha value is -2.21. The second kappa shape index (κ2) is 6.96. The number of nitrogens with one attached hydrogen (secondary N) is 1. The number of aromatic amines is 1. The van der Waals surface area contributed by atoms with Crippen molar-refractivity contribution in [1.82, 2.24) is 14.9 Å². The Labute approximate surface area is 146 Å². The molecular formula is C19H23FN4O. The molecule has 6 heteroatoms. The lowest BCUT2D eigenvalue weighted by atomic mass is 10.1. The maximum atomic E-state index is 13.1. The minimum absolute atomic E-state index is 0.00975. The van der Waals surface area contributed by atoms with Gasteiger partial charge in [0, 0.05) is 44.7 Å². The van der Waals surface area contributed by atoms with Gasteiger partial charge in [0.1, 0.15) is 5.82 Å². The third-order valence-corrected chi connectivity index (χ3v) is 5.16. The average molecular weight is 342 g/mol. The van der Waals surface area contributed by atoms with Crippen LogP contribution in [0.5, 0.6) is 0 Å². The molecule has 1 fully saturated rings. The van der Waals surface area contributed by atoms with E-state index in [1.165, 1.54) is 12.1 Å². The van der Waals surface area contributed by atoms with Gasteiger partial charge in [-0.2, -0.15) is 0 Å². The van der Waals surface area contributed by atoms with E-state index >= 15 is 0 Å². The summed E-state index contributed by atoms with van der Waals surface area (Å²) in [5.41, 5.74) is 2.86. The maximum Gasteiger partial charge on any atom is 0.255 e. The van der Waals surface area contributed by atoms with E-state index in [0.717, 1.165) is 74.8 Å². The topological polar surface area (TPSA) is 52.2 Å². The lowest BCUT2D eigenvalue weighted by molar-refractivity contribution is 0.278. The predicted molar refractivity (Wildman–Crippen MR) is 95.4 cm³/mol. The van der Waals surface area contributed by atoms with Crippen LogP contribution in [0.15, 0.2) is 29.1 Å². The number of nitrogens with zero attached hydrogens (tertiary/aromatic N) is 3. The van der Waals surface area contributed by atoms with Crippen LogP contribution in [0.3, 0.4) is 0 Å². The zero-order valence-electron chi connectivity index (χ0n) is 14.3. The first-order chi connectivity index (χ1) is 12.2. The van der Waals surface area contributed by atoms with Crippen molar-refractivity contribution in [3.05, 3.63) is 57.3 Å². The molecule has 0 saturated carbocycles. The van der Waals surface area contributed by atoms with Gasteiger partial charge in [-0.05, 0) is 37.0 Å². The van der Waals surface area contributed by atoms with Gasteiger partial charge >= 0.3 is 0 Å². The van der Waals surface area contributed by atoms with Crippen molar-refractivity contribution in [3.8, 4) is 0 Å². The van der Waals surface area contributed by atoms with E-state index in [4.69, 9.17) is 4.98 Å². The zero-order chi connectivity index (χ0) is 17.2. The molecule has 132 valence electrons. The molecule has 0 unspecified atom stereocenters. The molecule has 25 heavy (non-hydrogen) atoms. The smallest absolute Gasteiger partial charge is 0.255 e. The van der Waals surface area contributed by atoms with E-state index in [1.807, 2.05) is 12.1 Å². The maximum absolute atomic E-state index is 13.1. The van der Waals surface area contributed by atoms with Gasteiger partial charge in [0.25, 0.3) is 5.56 Å². The van der Waals surface area contributed by atoms with Crippen molar-refractivity contribution in [3.63, 3.8) is 0 Å². The van der Waals surface area contributed by atoms with Crippen molar-refractivity contribution >= 4 is 5.95 Å². The quantitative estimate of drug-likeness (QED) is 0.928. The number of anilines is 1. The second-order valence-corrected chi connectivity index (χ2v) is 6.91. The van der Waals surface area contributed by atoms with E-state index in [1.54, 1.807) is 0 Å². The standard InChI is InChI=1S/C19H23FN4O/c20-15-5-3-14(4-6-15)13-23-11-7-16-17(8-12-23)21-19(22-18(16)25)24-9-1-2-10-24/h3-6H,1-2,7-13H2,(H,21,22,25). The van der Waals surface area contributed by atoms with Gasteiger partial charge in [-0.25, -0.2) is 9.37 Å². The monoisotopic (exact) mass is 342 g/mol. The largest absolute Gasteiger partial charge is 0.342 e. The lowest BCUT2D eigenvalue weighted by Crippen LogP contribution is -2.27. The van der Waals surface area contributed by atoms with Gasteiger partial charge in [-0.15, -0.1) is 0 Å². The van der Waals surface area contributed by atoms with Gasteiger partial charge in [-0.1, -0.05) is 12.1 Å². The van der Waals surface area contributed by atoms with Gasteiger partial charge in [-0.3, -0.25) is 14.7 Å². The number of H-pyrrole nitrogens is 1. The summed E-state index contributed by atoms with van der Waals surface area (Å²) >= 11 is 0.